The number of hydrogen-bond acceptors (Lipinski definition) is 5. The van der Waals surface area contributed by atoms with Gasteiger partial charge in [-0.25, -0.2) is 9.83 Å². The average molecular weight is 382 g/mol. The molecule has 6 heteroatoms. The number of nitrogen functional groups attached to an aromatic ring is 1. The predicted octanol–water partition coefficient (Wildman–Crippen LogP) is 4.83. The largest absolute Gasteiger partial charge is 0.454 e. The molecule has 2 N–H and O–H groups in total. The van der Waals surface area contributed by atoms with Crippen molar-refractivity contribution in [2.24, 2.45) is 0 Å². The zero-order valence-electron chi connectivity index (χ0n) is 15.8. The molecule has 0 saturated carbocycles. The molecule has 2 aromatic carbocycles. The first-order chi connectivity index (χ1) is 14.1. The van der Waals surface area contributed by atoms with E-state index in [4.69, 9.17) is 21.8 Å². The number of nitrogens with zero attached hydrogens (tertiary/aromatic N) is 3. The fraction of sp³-hybridized carbons (Fsp3) is 0.174. The molecule has 3 aromatic rings. The molecule has 2 heterocycles. The van der Waals surface area contributed by atoms with Gasteiger partial charge in [0.2, 0.25) is 12.5 Å². The minimum absolute atomic E-state index is 0.0538. The van der Waals surface area contributed by atoms with Crippen molar-refractivity contribution < 1.29 is 9.47 Å². The second kappa shape index (κ2) is 7.53. The normalized spacial score (nSPS) is 12.8. The Morgan fingerprint density at radius 3 is 2.69 bits per heavy atom. The zero-order chi connectivity index (χ0) is 20.4. The number of rotatable bonds is 4. The summed E-state index contributed by atoms with van der Waals surface area (Å²) in [4.78, 5) is 8.03. The molecule has 0 saturated heterocycles. The summed E-state index contributed by atoms with van der Waals surface area (Å²) in [5.41, 5.74) is 9.59. The Hall–Kier alpha value is -4.03. The van der Waals surface area contributed by atoms with Crippen LogP contribution in [0.1, 0.15) is 29.7 Å². The molecule has 1 atom stereocenters. The molecular weight excluding hydrogens is 364 g/mol. The quantitative estimate of drug-likeness (QED) is 0.653. The molecule has 0 radical (unpaired) electrons. The fourth-order valence-corrected chi connectivity index (χ4v) is 3.59. The second-order valence-corrected chi connectivity index (χ2v) is 6.86. The van der Waals surface area contributed by atoms with Gasteiger partial charge in [0, 0.05) is 11.5 Å². The van der Waals surface area contributed by atoms with Gasteiger partial charge < -0.3 is 15.2 Å². The van der Waals surface area contributed by atoms with Crippen LogP contribution in [0, 0.1) is 17.9 Å². The van der Waals surface area contributed by atoms with Crippen LogP contribution in [-0.2, 0) is 6.42 Å². The van der Waals surface area contributed by atoms with E-state index in [1.165, 1.54) is 0 Å². The average Bonchev–Trinajstić information content (AvgIpc) is 3.21. The van der Waals surface area contributed by atoms with Crippen LogP contribution in [0.4, 0.5) is 11.5 Å². The topological polar surface area (TPSA) is 85.5 Å². The van der Waals surface area contributed by atoms with Gasteiger partial charge in [0.1, 0.15) is 11.9 Å². The van der Waals surface area contributed by atoms with Gasteiger partial charge in [-0.2, -0.15) is 5.26 Å². The van der Waals surface area contributed by atoms with Crippen molar-refractivity contribution in [3.05, 3.63) is 76.8 Å². The Labute approximate surface area is 169 Å². The molecule has 1 aromatic heterocycles. The van der Waals surface area contributed by atoms with E-state index in [1.807, 2.05) is 43.3 Å². The van der Waals surface area contributed by atoms with Gasteiger partial charge in [-0.15, -0.1) is 0 Å². The minimum Gasteiger partial charge on any atom is -0.454 e. The summed E-state index contributed by atoms with van der Waals surface area (Å²) >= 11 is 0. The summed E-state index contributed by atoms with van der Waals surface area (Å²) in [5, 5.41) is 9.99. The van der Waals surface area contributed by atoms with Crippen molar-refractivity contribution >= 4 is 11.5 Å². The van der Waals surface area contributed by atoms with Crippen LogP contribution >= 0.6 is 0 Å². The van der Waals surface area contributed by atoms with Crippen LogP contribution in [-0.4, -0.2) is 11.8 Å². The molecule has 1 aliphatic heterocycles. The van der Waals surface area contributed by atoms with Gasteiger partial charge in [-0.05, 0) is 29.7 Å². The Kier molecular flexibility index (Phi) is 4.76. The van der Waals surface area contributed by atoms with Gasteiger partial charge in [0.15, 0.2) is 11.5 Å². The molecule has 0 bridgehead atoms. The smallest absolute Gasteiger partial charge is 0.236 e. The number of nitrogens with two attached hydrogens (primary N) is 1. The lowest BCUT2D eigenvalue weighted by Crippen LogP contribution is -2.08. The lowest BCUT2D eigenvalue weighted by Gasteiger charge is -2.18. The third-order valence-corrected chi connectivity index (χ3v) is 4.96. The molecule has 0 aliphatic carbocycles. The maximum atomic E-state index is 9.99. The van der Waals surface area contributed by atoms with Crippen LogP contribution < -0.4 is 15.2 Å². The third-order valence-electron chi connectivity index (χ3n) is 4.96. The molecular formula is C23H18N4O2. The van der Waals surface area contributed by atoms with Gasteiger partial charge in [0.05, 0.1) is 17.8 Å². The summed E-state index contributed by atoms with van der Waals surface area (Å²) in [6, 6.07) is 17.6. The van der Waals surface area contributed by atoms with E-state index in [2.05, 4.69) is 15.9 Å². The van der Waals surface area contributed by atoms with E-state index in [9.17, 15) is 5.26 Å². The molecule has 1 unspecified atom stereocenters. The fourth-order valence-electron chi connectivity index (χ4n) is 3.59. The van der Waals surface area contributed by atoms with Gasteiger partial charge >= 0.3 is 0 Å². The molecule has 4 rings (SSSR count). The number of pyridine rings is 1. The Balaban J connectivity index is 1.86. The van der Waals surface area contributed by atoms with Crippen molar-refractivity contribution in [1.29, 1.82) is 5.26 Å². The monoisotopic (exact) mass is 382 g/mol. The summed E-state index contributed by atoms with van der Waals surface area (Å²) in [5.74, 6) is 1.29. The van der Waals surface area contributed by atoms with Crippen molar-refractivity contribution in [3.63, 3.8) is 0 Å². The first kappa shape index (κ1) is 18.3. The highest BCUT2D eigenvalue weighted by molar-refractivity contribution is 5.90. The number of nitriles is 1. The molecule has 29 heavy (non-hydrogen) atoms. The van der Waals surface area contributed by atoms with E-state index >= 15 is 0 Å². The predicted molar refractivity (Wildman–Crippen MR) is 110 cm³/mol. The number of fused-ring (bicyclic) bond motifs is 1. The number of hydrogen-bond donors (Lipinski definition) is 1. The molecule has 0 amide bonds. The molecule has 0 fully saturated rings. The van der Waals surface area contributed by atoms with E-state index in [0.717, 1.165) is 5.56 Å². The van der Waals surface area contributed by atoms with Crippen LogP contribution in [0.25, 0.3) is 16.0 Å². The Morgan fingerprint density at radius 1 is 1.21 bits per heavy atom. The van der Waals surface area contributed by atoms with Crippen molar-refractivity contribution in [1.82, 2.24) is 4.98 Å². The number of benzene rings is 2. The zero-order valence-corrected chi connectivity index (χ0v) is 15.8. The lowest BCUT2D eigenvalue weighted by molar-refractivity contribution is 0.174. The minimum atomic E-state index is -0.0538. The summed E-state index contributed by atoms with van der Waals surface area (Å²) in [7, 11) is 0. The first-order valence-corrected chi connectivity index (χ1v) is 9.17. The van der Waals surface area contributed by atoms with E-state index in [0.29, 0.717) is 40.3 Å². The SMILES string of the molecule is [C-]#[N+]c1c(N)nc(C(C)Cc2ccccc2)c(C#N)c1-c1ccc2c(c1)OCO2. The molecule has 6 nitrogen and oxygen atoms in total. The second-order valence-electron chi connectivity index (χ2n) is 6.86. The molecule has 0 spiro atoms. The van der Waals surface area contributed by atoms with E-state index < -0.39 is 0 Å². The van der Waals surface area contributed by atoms with Crippen molar-refractivity contribution in [2.45, 2.75) is 19.3 Å². The van der Waals surface area contributed by atoms with Crippen LogP contribution in [0.15, 0.2) is 48.5 Å². The van der Waals surface area contributed by atoms with Crippen molar-refractivity contribution in [2.75, 3.05) is 12.5 Å². The first-order valence-electron chi connectivity index (χ1n) is 9.17. The highest BCUT2D eigenvalue weighted by Crippen LogP contribution is 2.44. The van der Waals surface area contributed by atoms with Gasteiger partial charge in [-0.3, -0.25) is 0 Å². The Morgan fingerprint density at radius 2 is 1.97 bits per heavy atom. The summed E-state index contributed by atoms with van der Waals surface area (Å²) in [6.07, 6.45) is 0.708. The maximum Gasteiger partial charge on any atom is 0.236 e. The van der Waals surface area contributed by atoms with Gasteiger partial charge in [0.25, 0.3) is 0 Å². The number of anilines is 1. The van der Waals surface area contributed by atoms with Crippen LogP contribution in [0.5, 0.6) is 11.5 Å². The molecule has 1 aliphatic rings. The maximum absolute atomic E-state index is 9.99. The summed E-state index contributed by atoms with van der Waals surface area (Å²) in [6.45, 7) is 9.76. The highest BCUT2D eigenvalue weighted by atomic mass is 16.7. The van der Waals surface area contributed by atoms with E-state index in [-0.39, 0.29) is 24.2 Å². The lowest BCUT2D eigenvalue weighted by atomic mass is 9.90. The van der Waals surface area contributed by atoms with Gasteiger partial charge in [-0.1, -0.05) is 43.3 Å². The highest BCUT2D eigenvalue weighted by Gasteiger charge is 2.25. The van der Waals surface area contributed by atoms with Crippen LogP contribution in [0.2, 0.25) is 0 Å². The number of aromatic nitrogens is 1. The number of ether oxygens (including phenoxy) is 2. The van der Waals surface area contributed by atoms with Crippen LogP contribution in [0.3, 0.4) is 0 Å². The Bertz CT molecular complexity index is 1160. The standard InChI is InChI=1S/C23H18N4O2/c1-14(10-15-6-4-3-5-7-15)21-17(12-24)20(22(26-2)23(25)27-21)16-8-9-18-19(11-16)29-13-28-18/h3-9,11,14H,10,13H2,1H3,(H2,25,27). The van der Waals surface area contributed by atoms with Crippen molar-refractivity contribution in [3.8, 4) is 28.7 Å². The third kappa shape index (κ3) is 3.33. The summed E-state index contributed by atoms with van der Waals surface area (Å²) < 4.78 is 10.8. The van der Waals surface area contributed by atoms with E-state index in [1.54, 1.807) is 12.1 Å². The molecule has 142 valence electrons.